The van der Waals surface area contributed by atoms with Crippen LogP contribution >= 0.6 is 11.3 Å². The maximum atomic E-state index is 10.4. The Morgan fingerprint density at radius 1 is 1.17 bits per heavy atom. The average molecular weight is 259 g/mol. The van der Waals surface area contributed by atoms with Crippen LogP contribution in [-0.4, -0.2) is 23.8 Å². The van der Waals surface area contributed by atoms with Crippen molar-refractivity contribution in [3.8, 4) is 10.4 Å². The molecule has 1 aliphatic rings. The van der Waals surface area contributed by atoms with Gasteiger partial charge in [0, 0.05) is 22.7 Å². The van der Waals surface area contributed by atoms with Crippen molar-refractivity contribution in [3.05, 3.63) is 47.3 Å². The first kappa shape index (κ1) is 11.9. The molecule has 0 spiro atoms. The number of aliphatic hydroxyl groups is 1. The molecule has 1 fully saturated rings. The van der Waals surface area contributed by atoms with Gasteiger partial charge in [0.15, 0.2) is 0 Å². The molecular weight excluding hydrogens is 242 g/mol. The molecule has 3 heteroatoms. The molecule has 18 heavy (non-hydrogen) atoms. The monoisotopic (exact) mass is 259 g/mol. The van der Waals surface area contributed by atoms with Gasteiger partial charge in [-0.3, -0.25) is 0 Å². The molecule has 1 aromatic carbocycles. The number of benzene rings is 1. The minimum atomic E-state index is -0.543. The second-order valence-electron chi connectivity index (χ2n) is 4.96. The van der Waals surface area contributed by atoms with Crippen LogP contribution in [0, 0.1) is 0 Å². The van der Waals surface area contributed by atoms with Crippen LogP contribution in [0.3, 0.4) is 0 Å². The van der Waals surface area contributed by atoms with Crippen LogP contribution in [0.2, 0.25) is 0 Å². The van der Waals surface area contributed by atoms with Gasteiger partial charge in [0.05, 0.1) is 5.60 Å². The predicted molar refractivity (Wildman–Crippen MR) is 75.9 cm³/mol. The molecule has 1 aromatic heterocycles. The third kappa shape index (κ3) is 2.48. The van der Waals surface area contributed by atoms with Crippen LogP contribution in [0.5, 0.6) is 0 Å². The van der Waals surface area contributed by atoms with E-state index in [1.807, 2.05) is 6.07 Å². The highest BCUT2D eigenvalue weighted by molar-refractivity contribution is 7.15. The normalized spacial score (nSPS) is 23.4. The minimum Gasteiger partial charge on any atom is -0.388 e. The van der Waals surface area contributed by atoms with Gasteiger partial charge in [-0.2, -0.15) is 0 Å². The smallest absolute Gasteiger partial charge is 0.0831 e. The fourth-order valence-electron chi connectivity index (χ4n) is 2.44. The Morgan fingerprint density at radius 2 is 2.00 bits per heavy atom. The lowest BCUT2D eigenvalue weighted by molar-refractivity contribution is 0.0627. The standard InChI is InChI=1S/C15H17NOS/c17-15(8-9-16-11-15)10-13-6-7-14(18-13)12-4-2-1-3-5-12/h1-7,16-17H,8-11H2. The number of thiophene rings is 1. The third-order valence-electron chi connectivity index (χ3n) is 3.44. The molecule has 94 valence electrons. The number of hydrogen-bond acceptors (Lipinski definition) is 3. The maximum Gasteiger partial charge on any atom is 0.0831 e. The zero-order valence-electron chi connectivity index (χ0n) is 10.2. The number of β-amino-alcohol motifs (C(OH)–C–C–N with tert-alkyl or cyclic N) is 1. The summed E-state index contributed by atoms with van der Waals surface area (Å²) in [7, 11) is 0. The first-order valence-electron chi connectivity index (χ1n) is 6.32. The molecule has 0 amide bonds. The van der Waals surface area contributed by atoms with Gasteiger partial charge in [-0.1, -0.05) is 30.3 Å². The van der Waals surface area contributed by atoms with Crippen molar-refractivity contribution in [1.82, 2.24) is 5.32 Å². The number of hydrogen-bond donors (Lipinski definition) is 2. The average Bonchev–Trinajstić information content (AvgIpc) is 3.00. The minimum absolute atomic E-state index is 0.543. The van der Waals surface area contributed by atoms with Crippen LogP contribution in [0.15, 0.2) is 42.5 Å². The van der Waals surface area contributed by atoms with E-state index in [2.05, 4.69) is 41.7 Å². The van der Waals surface area contributed by atoms with Crippen molar-refractivity contribution >= 4 is 11.3 Å². The van der Waals surface area contributed by atoms with E-state index in [4.69, 9.17) is 0 Å². The van der Waals surface area contributed by atoms with E-state index in [-0.39, 0.29) is 0 Å². The van der Waals surface area contributed by atoms with E-state index in [1.54, 1.807) is 11.3 Å². The largest absolute Gasteiger partial charge is 0.388 e. The van der Waals surface area contributed by atoms with Crippen molar-refractivity contribution < 1.29 is 5.11 Å². The quantitative estimate of drug-likeness (QED) is 0.888. The summed E-state index contributed by atoms with van der Waals surface area (Å²) < 4.78 is 0. The van der Waals surface area contributed by atoms with Gasteiger partial charge in [-0.15, -0.1) is 11.3 Å². The Kier molecular flexibility index (Phi) is 3.20. The van der Waals surface area contributed by atoms with E-state index in [0.29, 0.717) is 6.54 Å². The fourth-order valence-corrected chi connectivity index (χ4v) is 3.59. The highest BCUT2D eigenvalue weighted by Gasteiger charge is 2.31. The van der Waals surface area contributed by atoms with Crippen LogP contribution in [-0.2, 0) is 6.42 Å². The summed E-state index contributed by atoms with van der Waals surface area (Å²) in [6, 6.07) is 14.7. The fraction of sp³-hybridized carbons (Fsp3) is 0.333. The number of rotatable bonds is 3. The molecule has 1 unspecified atom stereocenters. The van der Waals surface area contributed by atoms with E-state index in [1.165, 1.54) is 15.3 Å². The summed E-state index contributed by atoms with van der Waals surface area (Å²) in [5.41, 5.74) is 0.712. The molecule has 2 nitrogen and oxygen atoms in total. The molecule has 0 saturated carbocycles. The van der Waals surface area contributed by atoms with Crippen molar-refractivity contribution in [3.63, 3.8) is 0 Å². The van der Waals surface area contributed by atoms with Crippen LogP contribution in [0.4, 0.5) is 0 Å². The molecular formula is C15H17NOS. The van der Waals surface area contributed by atoms with Gasteiger partial charge in [-0.05, 0) is 30.7 Å². The van der Waals surface area contributed by atoms with Gasteiger partial charge in [0.1, 0.15) is 0 Å². The van der Waals surface area contributed by atoms with Gasteiger partial charge in [0.25, 0.3) is 0 Å². The molecule has 3 rings (SSSR count). The Bertz CT molecular complexity index is 514. The van der Waals surface area contributed by atoms with Crippen molar-refractivity contribution in [2.75, 3.05) is 13.1 Å². The molecule has 2 heterocycles. The van der Waals surface area contributed by atoms with Crippen LogP contribution < -0.4 is 5.32 Å². The predicted octanol–water partition coefficient (Wildman–Crippen LogP) is 2.68. The zero-order valence-corrected chi connectivity index (χ0v) is 11.0. The Labute approximate surface area is 111 Å². The van der Waals surface area contributed by atoms with Crippen LogP contribution in [0.1, 0.15) is 11.3 Å². The Balaban J connectivity index is 1.78. The summed E-state index contributed by atoms with van der Waals surface area (Å²) in [4.78, 5) is 2.54. The number of nitrogens with one attached hydrogen (secondary N) is 1. The molecule has 1 aliphatic heterocycles. The Hall–Kier alpha value is -1.16. The van der Waals surface area contributed by atoms with Crippen LogP contribution in [0.25, 0.3) is 10.4 Å². The lowest BCUT2D eigenvalue weighted by atomic mass is 9.98. The SMILES string of the molecule is OC1(Cc2ccc(-c3ccccc3)s2)CCNC1. The molecule has 1 atom stereocenters. The second-order valence-corrected chi connectivity index (χ2v) is 6.13. The van der Waals surface area contributed by atoms with Gasteiger partial charge < -0.3 is 10.4 Å². The zero-order chi connectivity index (χ0) is 12.4. The van der Waals surface area contributed by atoms with Gasteiger partial charge in [0.2, 0.25) is 0 Å². The Morgan fingerprint density at radius 3 is 2.72 bits per heavy atom. The lowest BCUT2D eigenvalue weighted by Crippen LogP contribution is -2.33. The van der Waals surface area contributed by atoms with E-state index < -0.39 is 5.60 Å². The van der Waals surface area contributed by atoms with Gasteiger partial charge in [-0.25, -0.2) is 0 Å². The molecule has 2 aromatic rings. The van der Waals surface area contributed by atoms with Crippen molar-refractivity contribution in [2.24, 2.45) is 0 Å². The van der Waals surface area contributed by atoms with E-state index >= 15 is 0 Å². The van der Waals surface area contributed by atoms with E-state index in [9.17, 15) is 5.11 Å². The van der Waals surface area contributed by atoms with Crippen molar-refractivity contribution in [1.29, 1.82) is 0 Å². The second kappa shape index (κ2) is 4.84. The highest BCUT2D eigenvalue weighted by atomic mass is 32.1. The summed E-state index contributed by atoms with van der Waals surface area (Å²) >= 11 is 1.78. The first-order valence-corrected chi connectivity index (χ1v) is 7.14. The van der Waals surface area contributed by atoms with Crippen molar-refractivity contribution in [2.45, 2.75) is 18.4 Å². The summed E-state index contributed by atoms with van der Waals surface area (Å²) in [5, 5.41) is 13.6. The first-order chi connectivity index (χ1) is 8.75. The highest BCUT2D eigenvalue weighted by Crippen LogP contribution is 2.31. The summed E-state index contributed by atoms with van der Waals surface area (Å²) in [6.07, 6.45) is 1.61. The molecule has 0 bridgehead atoms. The van der Waals surface area contributed by atoms with E-state index in [0.717, 1.165) is 19.4 Å². The van der Waals surface area contributed by atoms with Gasteiger partial charge >= 0.3 is 0 Å². The summed E-state index contributed by atoms with van der Waals surface area (Å²) in [6.45, 7) is 1.64. The molecule has 0 radical (unpaired) electrons. The molecule has 1 saturated heterocycles. The maximum absolute atomic E-state index is 10.4. The lowest BCUT2D eigenvalue weighted by Gasteiger charge is -2.19. The third-order valence-corrected chi connectivity index (χ3v) is 4.58. The topological polar surface area (TPSA) is 32.3 Å². The summed E-state index contributed by atoms with van der Waals surface area (Å²) in [5.74, 6) is 0. The molecule has 0 aliphatic carbocycles. The molecule has 2 N–H and O–H groups in total.